The van der Waals surface area contributed by atoms with Crippen LogP contribution in [-0.4, -0.2) is 54.5 Å². The lowest BCUT2D eigenvalue weighted by molar-refractivity contribution is -0.133. The number of carbonyl (C=O) groups excluding carboxylic acids is 1. The molecule has 1 saturated heterocycles. The van der Waals surface area contributed by atoms with Gasteiger partial charge in [-0.15, -0.1) is 0 Å². The second kappa shape index (κ2) is 9.26. The van der Waals surface area contributed by atoms with E-state index < -0.39 is 6.10 Å². The van der Waals surface area contributed by atoms with Crippen molar-refractivity contribution in [2.24, 2.45) is 0 Å². The summed E-state index contributed by atoms with van der Waals surface area (Å²) in [5.74, 6) is -0.0454. The number of β-amino-alcohol motifs (C(OH)–C–C–N with tert-alkyl or cyclic N) is 1. The van der Waals surface area contributed by atoms with E-state index in [1.165, 1.54) is 24.9 Å². The number of nitriles is 2. The number of carbonyl (C=O) groups is 1. The Bertz CT molecular complexity index is 1510. The largest absolute Gasteiger partial charge is 0.389 e. The highest BCUT2D eigenvalue weighted by Gasteiger charge is 2.30. The summed E-state index contributed by atoms with van der Waals surface area (Å²) in [5.41, 5.74) is 3.34. The minimum absolute atomic E-state index is 0.0454. The van der Waals surface area contributed by atoms with Crippen LogP contribution < -0.4 is 0 Å². The number of fused-ring (bicyclic) bond motifs is 1. The van der Waals surface area contributed by atoms with Crippen LogP contribution in [-0.2, 0) is 4.79 Å². The number of amides is 1. The molecule has 0 spiro atoms. The quantitative estimate of drug-likeness (QED) is 0.473. The SMILES string of the molecule is CC(=O)N1CC[C@@H](n2cc(-c3cc(Sc4ccccc4C#N)c4c(C#N)cnn4c3)cn2)[C@H](O)C1. The number of rotatable bonds is 4. The van der Waals surface area contributed by atoms with E-state index in [4.69, 9.17) is 0 Å². The molecule has 4 aromatic rings. The van der Waals surface area contributed by atoms with Gasteiger partial charge in [-0.05, 0) is 24.6 Å². The molecule has 1 aliphatic heterocycles. The molecule has 1 aromatic carbocycles. The van der Waals surface area contributed by atoms with Crippen LogP contribution in [0.5, 0.6) is 0 Å². The Morgan fingerprint density at radius 2 is 1.89 bits per heavy atom. The summed E-state index contributed by atoms with van der Waals surface area (Å²) in [6.45, 7) is 2.36. The van der Waals surface area contributed by atoms with E-state index in [1.54, 1.807) is 26.4 Å². The van der Waals surface area contributed by atoms with Crippen molar-refractivity contribution in [2.75, 3.05) is 13.1 Å². The van der Waals surface area contributed by atoms with Gasteiger partial charge in [0.2, 0.25) is 5.91 Å². The highest BCUT2D eigenvalue weighted by atomic mass is 32.2. The van der Waals surface area contributed by atoms with Crippen LogP contribution in [0.4, 0.5) is 0 Å². The predicted octanol–water partition coefficient (Wildman–Crippen LogP) is 3.25. The number of nitrogens with zero attached hydrogens (tertiary/aromatic N) is 7. The van der Waals surface area contributed by atoms with Crippen LogP contribution in [0.3, 0.4) is 0 Å². The van der Waals surface area contributed by atoms with Crippen molar-refractivity contribution >= 4 is 23.2 Å². The maximum atomic E-state index is 11.7. The Balaban J connectivity index is 1.52. The van der Waals surface area contributed by atoms with Crippen LogP contribution >= 0.6 is 11.8 Å². The van der Waals surface area contributed by atoms with Gasteiger partial charge >= 0.3 is 0 Å². The summed E-state index contributed by atoms with van der Waals surface area (Å²) in [5, 5.41) is 38.6. The number of aliphatic hydroxyl groups is 1. The molecule has 0 unspecified atom stereocenters. The predicted molar refractivity (Wildman–Crippen MR) is 128 cm³/mol. The Morgan fingerprint density at radius 3 is 2.63 bits per heavy atom. The van der Waals surface area contributed by atoms with Crippen molar-refractivity contribution in [3.05, 3.63) is 66.2 Å². The molecule has 174 valence electrons. The van der Waals surface area contributed by atoms with Gasteiger partial charge in [-0.25, -0.2) is 4.52 Å². The molecule has 0 saturated carbocycles. The zero-order valence-electron chi connectivity index (χ0n) is 18.9. The summed E-state index contributed by atoms with van der Waals surface area (Å²) in [6.07, 6.45) is 6.88. The van der Waals surface area contributed by atoms with Gasteiger partial charge in [0.25, 0.3) is 0 Å². The fourth-order valence-electron chi connectivity index (χ4n) is 4.35. The van der Waals surface area contributed by atoms with E-state index in [2.05, 4.69) is 22.3 Å². The van der Waals surface area contributed by atoms with Gasteiger partial charge in [0.05, 0.1) is 41.2 Å². The highest BCUT2D eigenvalue weighted by molar-refractivity contribution is 7.99. The maximum absolute atomic E-state index is 11.7. The molecular formula is C25H21N7O2S. The molecule has 0 aliphatic carbocycles. The van der Waals surface area contributed by atoms with E-state index in [0.717, 1.165) is 20.9 Å². The van der Waals surface area contributed by atoms with Gasteiger partial charge < -0.3 is 10.0 Å². The molecule has 1 N–H and O–H groups in total. The number of hydrogen-bond acceptors (Lipinski definition) is 7. The molecule has 2 atom stereocenters. The maximum Gasteiger partial charge on any atom is 0.219 e. The van der Waals surface area contributed by atoms with Gasteiger partial charge in [0.15, 0.2) is 0 Å². The average molecular weight is 484 g/mol. The number of piperidine rings is 1. The van der Waals surface area contributed by atoms with Crippen LogP contribution in [0.1, 0.15) is 30.5 Å². The summed E-state index contributed by atoms with van der Waals surface area (Å²) >= 11 is 1.41. The van der Waals surface area contributed by atoms with E-state index >= 15 is 0 Å². The first-order valence-electron chi connectivity index (χ1n) is 11.0. The van der Waals surface area contributed by atoms with Crippen molar-refractivity contribution in [3.8, 4) is 23.3 Å². The van der Waals surface area contributed by atoms with Crippen molar-refractivity contribution in [1.82, 2.24) is 24.3 Å². The van der Waals surface area contributed by atoms with Crippen molar-refractivity contribution < 1.29 is 9.90 Å². The zero-order valence-corrected chi connectivity index (χ0v) is 19.7. The van der Waals surface area contributed by atoms with Crippen molar-refractivity contribution in [3.63, 3.8) is 0 Å². The van der Waals surface area contributed by atoms with Gasteiger partial charge in [-0.1, -0.05) is 23.9 Å². The third kappa shape index (κ3) is 4.26. The van der Waals surface area contributed by atoms with Crippen LogP contribution in [0.15, 0.2) is 64.9 Å². The minimum Gasteiger partial charge on any atom is -0.389 e. The fraction of sp³-hybridized carbons (Fsp3) is 0.240. The van der Waals surface area contributed by atoms with E-state index in [9.17, 15) is 20.4 Å². The standard InChI is InChI=1S/C25H21N7O2S/c1-16(33)30-7-6-21(22(34)15-30)31-14-20(12-28-31)18-8-24(25-19(10-27)11-29-32(25)13-18)35-23-5-3-2-4-17(23)9-26/h2-5,8,11-14,21-22,34H,6-7,15H2,1H3/t21-,22-/m1/s1. The summed E-state index contributed by atoms with van der Waals surface area (Å²) < 4.78 is 3.42. The molecule has 0 radical (unpaired) electrons. The zero-order chi connectivity index (χ0) is 24.5. The molecule has 3 aromatic heterocycles. The van der Waals surface area contributed by atoms with E-state index in [0.29, 0.717) is 29.6 Å². The Kier molecular flexibility index (Phi) is 6.00. The Labute approximate surface area is 205 Å². The number of aromatic nitrogens is 4. The molecule has 4 heterocycles. The lowest BCUT2D eigenvalue weighted by Crippen LogP contribution is -2.46. The molecular weight excluding hydrogens is 462 g/mol. The lowest BCUT2D eigenvalue weighted by atomic mass is 10.0. The average Bonchev–Trinajstić information content (AvgIpc) is 3.51. The van der Waals surface area contributed by atoms with Crippen molar-refractivity contribution in [2.45, 2.75) is 35.3 Å². The molecule has 9 nitrogen and oxygen atoms in total. The van der Waals surface area contributed by atoms with Crippen LogP contribution in [0, 0.1) is 22.7 Å². The molecule has 1 fully saturated rings. The number of aliphatic hydroxyl groups excluding tert-OH is 1. The topological polar surface area (TPSA) is 123 Å². The highest BCUT2D eigenvalue weighted by Crippen LogP contribution is 2.37. The Hall–Kier alpha value is -4.12. The number of benzene rings is 1. The van der Waals surface area contributed by atoms with Crippen molar-refractivity contribution in [1.29, 1.82) is 10.5 Å². The number of likely N-dealkylation sites (tertiary alicyclic amines) is 1. The smallest absolute Gasteiger partial charge is 0.219 e. The molecule has 35 heavy (non-hydrogen) atoms. The van der Waals surface area contributed by atoms with E-state index in [1.807, 2.05) is 36.7 Å². The Morgan fingerprint density at radius 1 is 1.09 bits per heavy atom. The number of hydrogen-bond donors (Lipinski definition) is 1. The number of pyridine rings is 1. The second-order valence-electron chi connectivity index (χ2n) is 8.36. The molecule has 1 aliphatic rings. The van der Waals surface area contributed by atoms with Gasteiger partial charge in [-0.3, -0.25) is 9.48 Å². The minimum atomic E-state index is -0.708. The first-order valence-corrected chi connectivity index (χ1v) is 11.9. The van der Waals surface area contributed by atoms with Crippen LogP contribution in [0.25, 0.3) is 16.6 Å². The lowest BCUT2D eigenvalue weighted by Gasteiger charge is -2.35. The van der Waals surface area contributed by atoms with Gasteiger partial charge in [-0.2, -0.15) is 20.7 Å². The molecule has 10 heteroatoms. The summed E-state index contributed by atoms with van der Waals surface area (Å²) in [6, 6.07) is 13.5. The summed E-state index contributed by atoms with van der Waals surface area (Å²) in [4.78, 5) is 14.9. The first-order chi connectivity index (χ1) is 17.0. The normalized spacial score (nSPS) is 17.8. The van der Waals surface area contributed by atoms with Gasteiger partial charge in [0.1, 0.15) is 12.1 Å². The van der Waals surface area contributed by atoms with Crippen LogP contribution in [0.2, 0.25) is 0 Å². The first kappa shape index (κ1) is 22.7. The third-order valence-electron chi connectivity index (χ3n) is 6.19. The molecule has 5 rings (SSSR count). The van der Waals surface area contributed by atoms with Gasteiger partial charge in [0, 0.05) is 53.3 Å². The molecule has 0 bridgehead atoms. The molecule has 1 amide bonds. The fourth-order valence-corrected chi connectivity index (χ4v) is 5.44. The monoisotopic (exact) mass is 483 g/mol. The van der Waals surface area contributed by atoms with E-state index in [-0.39, 0.29) is 18.5 Å². The second-order valence-corrected chi connectivity index (χ2v) is 9.45. The third-order valence-corrected chi connectivity index (χ3v) is 7.30. The summed E-state index contributed by atoms with van der Waals surface area (Å²) in [7, 11) is 0.